The van der Waals surface area contributed by atoms with Crippen LogP contribution >= 0.6 is 0 Å². The van der Waals surface area contributed by atoms with Gasteiger partial charge in [0.25, 0.3) is 0 Å². The number of imide groups is 1. The summed E-state index contributed by atoms with van der Waals surface area (Å²) in [6.45, 7) is 5.27. The van der Waals surface area contributed by atoms with E-state index in [0.29, 0.717) is 0 Å². The summed E-state index contributed by atoms with van der Waals surface area (Å²) in [6, 6.07) is -0.438. The van der Waals surface area contributed by atoms with Crippen molar-refractivity contribution in [2.45, 2.75) is 26.3 Å². The van der Waals surface area contributed by atoms with Gasteiger partial charge in [0.2, 0.25) is 0 Å². The molecule has 0 heterocycles. The minimum atomic E-state index is -0.512. The van der Waals surface area contributed by atoms with E-state index in [1.54, 1.807) is 27.2 Å². The zero-order valence-electron chi connectivity index (χ0n) is 7.26. The number of nitrogens with one attached hydrogen (secondary N) is 1. The van der Waals surface area contributed by atoms with Gasteiger partial charge in [0.05, 0.1) is 0 Å². The number of hydrogen-bond acceptors (Lipinski definition) is 2. The van der Waals surface area contributed by atoms with Crippen LogP contribution in [0.3, 0.4) is 0 Å². The van der Waals surface area contributed by atoms with Crippen molar-refractivity contribution in [3.63, 3.8) is 0 Å². The second-order valence-electron chi connectivity index (χ2n) is 3.15. The van der Waals surface area contributed by atoms with Crippen molar-refractivity contribution in [3.8, 4) is 0 Å². The molecule has 11 heavy (non-hydrogen) atoms. The molecule has 1 radical (unpaired) electrons. The molecule has 0 aliphatic rings. The summed E-state index contributed by atoms with van der Waals surface area (Å²) in [4.78, 5) is 22.2. The Morgan fingerprint density at radius 1 is 1.45 bits per heavy atom. The van der Waals surface area contributed by atoms with Crippen molar-refractivity contribution in [2.75, 3.05) is 7.05 Å². The fourth-order valence-electron chi connectivity index (χ4n) is 0.595. The maximum absolute atomic E-state index is 10.9. The van der Waals surface area contributed by atoms with Crippen LogP contribution in [0.5, 0.6) is 0 Å². The van der Waals surface area contributed by atoms with Crippen LogP contribution in [0, 0.1) is 0 Å². The van der Waals surface area contributed by atoms with Crippen LogP contribution in [-0.2, 0) is 4.79 Å². The Morgan fingerprint density at radius 3 is 2.00 bits per heavy atom. The summed E-state index contributed by atoms with van der Waals surface area (Å²) < 4.78 is 0. The Hall–Kier alpha value is -1.06. The number of rotatable bonds is 1. The summed E-state index contributed by atoms with van der Waals surface area (Å²) in [7, 11) is 1.47. The molecule has 0 aromatic heterocycles. The molecule has 0 aromatic rings. The van der Waals surface area contributed by atoms with Crippen LogP contribution in [0.15, 0.2) is 0 Å². The fraction of sp³-hybridized carbons (Fsp3) is 0.714. The van der Waals surface area contributed by atoms with Gasteiger partial charge in [-0.25, -0.2) is 4.79 Å². The van der Waals surface area contributed by atoms with Crippen LogP contribution in [0.2, 0.25) is 0 Å². The Labute approximate surface area is 66.6 Å². The molecule has 0 spiro atoms. The molecule has 1 N–H and O–H groups in total. The molecule has 4 nitrogen and oxygen atoms in total. The van der Waals surface area contributed by atoms with Crippen molar-refractivity contribution >= 4 is 12.4 Å². The summed E-state index contributed by atoms with van der Waals surface area (Å²) in [5.41, 5.74) is -0.512. The Morgan fingerprint density at radius 2 is 1.91 bits per heavy atom. The SMILES string of the molecule is CNC(=O)N([C]=O)C(C)(C)C. The fourth-order valence-corrected chi connectivity index (χ4v) is 0.595. The lowest BCUT2D eigenvalue weighted by Gasteiger charge is -2.28. The van der Waals surface area contributed by atoms with Crippen molar-refractivity contribution in [1.29, 1.82) is 0 Å². The van der Waals surface area contributed by atoms with E-state index < -0.39 is 11.6 Å². The average Bonchev–Trinajstić information content (AvgIpc) is 1.86. The molecule has 0 saturated heterocycles. The van der Waals surface area contributed by atoms with Gasteiger partial charge in [-0.1, -0.05) is 0 Å². The number of nitrogens with zero attached hydrogens (tertiary/aromatic N) is 1. The van der Waals surface area contributed by atoms with Gasteiger partial charge >= 0.3 is 12.4 Å². The van der Waals surface area contributed by atoms with Gasteiger partial charge in [-0.2, -0.15) is 0 Å². The zero-order chi connectivity index (χ0) is 9.07. The molecule has 4 heteroatoms. The van der Waals surface area contributed by atoms with Crippen molar-refractivity contribution in [3.05, 3.63) is 0 Å². The first-order valence-electron chi connectivity index (χ1n) is 3.33. The average molecular weight is 157 g/mol. The van der Waals surface area contributed by atoms with E-state index >= 15 is 0 Å². The molecule has 3 amide bonds. The quantitative estimate of drug-likeness (QED) is 0.563. The normalized spacial score (nSPS) is 10.5. The first-order chi connectivity index (χ1) is 4.93. The number of amides is 3. The van der Waals surface area contributed by atoms with Gasteiger partial charge in [-0.3, -0.25) is 9.69 Å². The minimum absolute atomic E-state index is 0.438. The van der Waals surface area contributed by atoms with Gasteiger partial charge in [0.15, 0.2) is 0 Å². The third kappa shape index (κ3) is 2.57. The largest absolute Gasteiger partial charge is 0.341 e. The van der Waals surface area contributed by atoms with Crippen molar-refractivity contribution in [2.24, 2.45) is 0 Å². The highest BCUT2D eigenvalue weighted by Crippen LogP contribution is 2.09. The topological polar surface area (TPSA) is 49.4 Å². The highest BCUT2D eigenvalue weighted by molar-refractivity contribution is 5.85. The summed E-state index contributed by atoms with van der Waals surface area (Å²) >= 11 is 0. The first kappa shape index (κ1) is 9.94. The summed E-state index contributed by atoms with van der Waals surface area (Å²) in [6.07, 6.45) is 1.56. The van der Waals surface area contributed by atoms with Crippen LogP contribution in [0.25, 0.3) is 0 Å². The molecular weight excluding hydrogens is 144 g/mol. The molecule has 0 fully saturated rings. The van der Waals surface area contributed by atoms with E-state index in [1.165, 1.54) is 7.05 Å². The highest BCUT2D eigenvalue weighted by atomic mass is 16.2. The number of carbonyl (C=O) groups is 1. The summed E-state index contributed by atoms with van der Waals surface area (Å²) in [5, 5.41) is 2.35. The van der Waals surface area contributed by atoms with E-state index in [0.717, 1.165) is 4.90 Å². The van der Waals surface area contributed by atoms with E-state index in [-0.39, 0.29) is 0 Å². The minimum Gasteiger partial charge on any atom is -0.341 e. The van der Waals surface area contributed by atoms with E-state index in [1.807, 2.05) is 0 Å². The van der Waals surface area contributed by atoms with Crippen LogP contribution < -0.4 is 5.32 Å². The standard InChI is InChI=1S/C7H13N2O2/c1-7(2,3)9(5-10)6(11)8-4/h1-4H3,(H,8,11). The molecular formula is C7H13N2O2. The molecule has 0 aliphatic carbocycles. The molecule has 0 bridgehead atoms. The Kier molecular flexibility index (Phi) is 3.04. The molecule has 0 saturated carbocycles. The Bertz CT molecular complexity index is 160. The zero-order valence-corrected chi connectivity index (χ0v) is 7.26. The van der Waals surface area contributed by atoms with Gasteiger partial charge in [0.1, 0.15) is 0 Å². The Balaban J connectivity index is 4.41. The van der Waals surface area contributed by atoms with Crippen molar-refractivity contribution in [1.82, 2.24) is 10.2 Å². The second-order valence-corrected chi connectivity index (χ2v) is 3.15. The van der Waals surface area contributed by atoms with Gasteiger partial charge in [0, 0.05) is 12.6 Å². The molecule has 0 unspecified atom stereocenters. The smallest absolute Gasteiger partial charge is 0.324 e. The van der Waals surface area contributed by atoms with E-state index in [4.69, 9.17) is 0 Å². The number of urea groups is 1. The number of carbonyl (C=O) groups excluding carboxylic acids is 2. The van der Waals surface area contributed by atoms with E-state index in [2.05, 4.69) is 5.32 Å². The second kappa shape index (κ2) is 3.37. The third-order valence-electron chi connectivity index (χ3n) is 1.18. The van der Waals surface area contributed by atoms with Crippen LogP contribution in [0.4, 0.5) is 4.79 Å². The third-order valence-corrected chi connectivity index (χ3v) is 1.18. The van der Waals surface area contributed by atoms with Crippen LogP contribution in [0.1, 0.15) is 20.8 Å². The molecule has 0 rings (SSSR count). The van der Waals surface area contributed by atoms with Gasteiger partial charge in [-0.05, 0) is 20.8 Å². The lowest BCUT2D eigenvalue weighted by atomic mass is 10.1. The molecule has 63 valence electrons. The predicted molar refractivity (Wildman–Crippen MR) is 41.7 cm³/mol. The van der Waals surface area contributed by atoms with Gasteiger partial charge in [-0.15, -0.1) is 0 Å². The monoisotopic (exact) mass is 157 g/mol. The van der Waals surface area contributed by atoms with Gasteiger partial charge < -0.3 is 5.32 Å². The number of hydrogen-bond donors (Lipinski definition) is 1. The van der Waals surface area contributed by atoms with E-state index in [9.17, 15) is 9.59 Å². The lowest BCUT2D eigenvalue weighted by molar-refractivity contribution is 0.190. The first-order valence-corrected chi connectivity index (χ1v) is 3.33. The molecule has 0 aromatic carbocycles. The summed E-state index contributed by atoms with van der Waals surface area (Å²) in [5.74, 6) is 0. The molecule has 0 atom stereocenters. The maximum Gasteiger partial charge on any atom is 0.324 e. The highest BCUT2D eigenvalue weighted by Gasteiger charge is 2.25. The predicted octanol–water partition coefficient (Wildman–Crippen LogP) is 0.493. The van der Waals surface area contributed by atoms with Crippen LogP contribution in [-0.4, -0.2) is 29.9 Å². The van der Waals surface area contributed by atoms with Crippen molar-refractivity contribution < 1.29 is 9.59 Å². The lowest BCUT2D eigenvalue weighted by Crippen LogP contribution is -2.48. The maximum atomic E-state index is 10.9. The molecule has 0 aliphatic heterocycles.